The number of hydrogen-bond donors (Lipinski definition) is 1. The number of benzene rings is 1. The van der Waals surface area contributed by atoms with E-state index < -0.39 is 5.38 Å². The van der Waals surface area contributed by atoms with Crippen LogP contribution < -0.4 is 5.32 Å². The summed E-state index contributed by atoms with van der Waals surface area (Å²) in [7, 11) is 0. The SMILES string of the molecule is C[C@@H](Cl)C(=O)Nc1ccccc1Br. The molecule has 0 fully saturated rings. The van der Waals surface area contributed by atoms with Crippen molar-refractivity contribution in [1.82, 2.24) is 0 Å². The maximum Gasteiger partial charge on any atom is 0.242 e. The van der Waals surface area contributed by atoms with Crippen LogP contribution in [-0.4, -0.2) is 11.3 Å². The Morgan fingerprint density at radius 2 is 2.15 bits per heavy atom. The van der Waals surface area contributed by atoms with E-state index in [0.717, 1.165) is 10.2 Å². The molecule has 13 heavy (non-hydrogen) atoms. The Balaban J connectivity index is 2.75. The number of amides is 1. The van der Waals surface area contributed by atoms with Gasteiger partial charge in [0.1, 0.15) is 5.38 Å². The Bertz CT molecular complexity index is 314. The summed E-state index contributed by atoms with van der Waals surface area (Å²) < 4.78 is 0.848. The molecule has 1 aromatic carbocycles. The smallest absolute Gasteiger partial charge is 0.242 e. The number of rotatable bonds is 2. The van der Waals surface area contributed by atoms with Crippen LogP contribution in [0.4, 0.5) is 5.69 Å². The number of hydrogen-bond acceptors (Lipinski definition) is 1. The molecule has 0 heterocycles. The molecular formula is C9H9BrClNO. The van der Waals surface area contributed by atoms with E-state index in [0.29, 0.717) is 0 Å². The number of carbonyl (C=O) groups excluding carboxylic acids is 1. The van der Waals surface area contributed by atoms with E-state index in [1.807, 2.05) is 18.2 Å². The zero-order chi connectivity index (χ0) is 9.84. The van der Waals surface area contributed by atoms with Crippen molar-refractivity contribution in [3.63, 3.8) is 0 Å². The first kappa shape index (κ1) is 10.5. The van der Waals surface area contributed by atoms with Crippen LogP contribution in [0.3, 0.4) is 0 Å². The van der Waals surface area contributed by atoms with Gasteiger partial charge < -0.3 is 5.32 Å². The zero-order valence-electron chi connectivity index (χ0n) is 7.05. The number of anilines is 1. The van der Waals surface area contributed by atoms with Gasteiger partial charge in [0.2, 0.25) is 5.91 Å². The number of nitrogens with one attached hydrogen (secondary N) is 1. The molecule has 70 valence electrons. The molecule has 0 aliphatic heterocycles. The van der Waals surface area contributed by atoms with Crippen molar-refractivity contribution in [2.45, 2.75) is 12.3 Å². The first-order valence-corrected chi connectivity index (χ1v) is 5.03. The van der Waals surface area contributed by atoms with Gasteiger partial charge in [0.05, 0.1) is 5.69 Å². The van der Waals surface area contributed by atoms with Gasteiger partial charge in [-0.1, -0.05) is 12.1 Å². The van der Waals surface area contributed by atoms with E-state index in [9.17, 15) is 4.79 Å². The Morgan fingerprint density at radius 3 is 2.69 bits per heavy atom. The van der Waals surface area contributed by atoms with Gasteiger partial charge in [-0.25, -0.2) is 0 Å². The summed E-state index contributed by atoms with van der Waals surface area (Å²) >= 11 is 8.92. The van der Waals surface area contributed by atoms with E-state index in [2.05, 4.69) is 21.2 Å². The number of para-hydroxylation sites is 1. The topological polar surface area (TPSA) is 29.1 Å². The monoisotopic (exact) mass is 261 g/mol. The van der Waals surface area contributed by atoms with E-state index in [1.54, 1.807) is 13.0 Å². The number of carbonyl (C=O) groups is 1. The van der Waals surface area contributed by atoms with E-state index in [1.165, 1.54) is 0 Å². The lowest BCUT2D eigenvalue weighted by Crippen LogP contribution is -2.20. The predicted molar refractivity (Wildman–Crippen MR) is 58.1 cm³/mol. The van der Waals surface area contributed by atoms with Gasteiger partial charge in [-0.15, -0.1) is 11.6 Å². The van der Waals surface area contributed by atoms with E-state index in [-0.39, 0.29) is 5.91 Å². The highest BCUT2D eigenvalue weighted by Gasteiger charge is 2.09. The zero-order valence-corrected chi connectivity index (χ0v) is 9.39. The van der Waals surface area contributed by atoms with Crippen LogP contribution in [0.1, 0.15) is 6.92 Å². The van der Waals surface area contributed by atoms with Crippen molar-refractivity contribution in [3.8, 4) is 0 Å². The summed E-state index contributed by atoms with van der Waals surface area (Å²) in [6.07, 6.45) is 0. The fourth-order valence-electron chi connectivity index (χ4n) is 0.795. The summed E-state index contributed by atoms with van der Waals surface area (Å²) in [6, 6.07) is 7.39. The van der Waals surface area contributed by atoms with Crippen molar-refractivity contribution in [2.24, 2.45) is 0 Å². The van der Waals surface area contributed by atoms with Gasteiger partial charge in [-0.05, 0) is 35.0 Å². The first-order valence-electron chi connectivity index (χ1n) is 3.80. The van der Waals surface area contributed by atoms with Crippen molar-refractivity contribution < 1.29 is 4.79 Å². The first-order chi connectivity index (χ1) is 6.11. The van der Waals surface area contributed by atoms with Gasteiger partial charge in [-0.3, -0.25) is 4.79 Å². The molecule has 0 saturated heterocycles. The van der Waals surface area contributed by atoms with Gasteiger partial charge in [0, 0.05) is 4.47 Å². The molecule has 1 rings (SSSR count). The molecule has 0 aromatic heterocycles. The van der Waals surface area contributed by atoms with Crippen molar-refractivity contribution in [1.29, 1.82) is 0 Å². The molecule has 1 N–H and O–H groups in total. The molecule has 2 nitrogen and oxygen atoms in total. The average Bonchev–Trinajstić information content (AvgIpc) is 2.08. The minimum atomic E-state index is -0.521. The van der Waals surface area contributed by atoms with E-state index in [4.69, 9.17) is 11.6 Å². The third kappa shape index (κ3) is 3.01. The maximum atomic E-state index is 11.2. The summed E-state index contributed by atoms with van der Waals surface area (Å²) in [5.41, 5.74) is 0.736. The highest BCUT2D eigenvalue weighted by molar-refractivity contribution is 9.10. The Kier molecular flexibility index (Phi) is 3.75. The second-order valence-electron chi connectivity index (χ2n) is 2.59. The fraction of sp³-hybridized carbons (Fsp3) is 0.222. The Hall–Kier alpha value is -0.540. The van der Waals surface area contributed by atoms with Crippen LogP contribution in [0.2, 0.25) is 0 Å². The van der Waals surface area contributed by atoms with Crippen LogP contribution >= 0.6 is 27.5 Å². The molecule has 0 radical (unpaired) electrons. The molecule has 0 aliphatic rings. The minimum Gasteiger partial charge on any atom is -0.324 e. The van der Waals surface area contributed by atoms with Crippen LogP contribution in [0, 0.1) is 0 Å². The minimum absolute atomic E-state index is 0.200. The fourth-order valence-corrected chi connectivity index (χ4v) is 1.23. The van der Waals surface area contributed by atoms with Crippen LogP contribution in [0.25, 0.3) is 0 Å². The Morgan fingerprint density at radius 1 is 1.54 bits per heavy atom. The molecule has 0 aliphatic carbocycles. The molecule has 1 amide bonds. The largest absolute Gasteiger partial charge is 0.324 e. The number of halogens is 2. The molecule has 0 saturated carbocycles. The molecular weight excluding hydrogens is 253 g/mol. The summed E-state index contributed by atoms with van der Waals surface area (Å²) in [6.45, 7) is 1.63. The molecule has 4 heteroatoms. The van der Waals surface area contributed by atoms with Crippen LogP contribution in [-0.2, 0) is 4.79 Å². The predicted octanol–water partition coefficient (Wildman–Crippen LogP) is 3.01. The lowest BCUT2D eigenvalue weighted by molar-refractivity contribution is -0.115. The molecule has 0 bridgehead atoms. The van der Waals surface area contributed by atoms with Crippen molar-refractivity contribution in [3.05, 3.63) is 28.7 Å². The standard InChI is InChI=1S/C9H9BrClNO/c1-6(11)9(13)12-8-5-3-2-4-7(8)10/h2-6H,1H3,(H,12,13)/t6-/m1/s1. The second-order valence-corrected chi connectivity index (χ2v) is 4.09. The average molecular weight is 263 g/mol. The maximum absolute atomic E-state index is 11.2. The lowest BCUT2D eigenvalue weighted by atomic mass is 10.3. The molecule has 0 spiro atoms. The highest BCUT2D eigenvalue weighted by atomic mass is 79.9. The summed E-state index contributed by atoms with van der Waals surface area (Å²) in [4.78, 5) is 11.2. The lowest BCUT2D eigenvalue weighted by Gasteiger charge is -2.07. The third-order valence-electron chi connectivity index (χ3n) is 1.49. The third-order valence-corrected chi connectivity index (χ3v) is 2.38. The quantitative estimate of drug-likeness (QED) is 0.816. The van der Waals surface area contributed by atoms with E-state index >= 15 is 0 Å². The summed E-state index contributed by atoms with van der Waals surface area (Å²) in [5, 5.41) is 2.17. The molecule has 1 atom stereocenters. The van der Waals surface area contributed by atoms with Crippen LogP contribution in [0.5, 0.6) is 0 Å². The van der Waals surface area contributed by atoms with Crippen molar-refractivity contribution >= 4 is 39.1 Å². The van der Waals surface area contributed by atoms with Gasteiger partial charge in [-0.2, -0.15) is 0 Å². The normalized spacial score (nSPS) is 12.2. The molecule has 0 unspecified atom stereocenters. The van der Waals surface area contributed by atoms with Crippen LogP contribution in [0.15, 0.2) is 28.7 Å². The van der Waals surface area contributed by atoms with Gasteiger partial charge in [0.25, 0.3) is 0 Å². The Labute approximate surface area is 90.4 Å². The number of alkyl halides is 1. The summed E-state index contributed by atoms with van der Waals surface area (Å²) in [5.74, 6) is -0.200. The second kappa shape index (κ2) is 4.63. The van der Waals surface area contributed by atoms with Crippen molar-refractivity contribution in [2.75, 3.05) is 5.32 Å². The van der Waals surface area contributed by atoms with Gasteiger partial charge >= 0.3 is 0 Å². The molecule has 1 aromatic rings. The highest BCUT2D eigenvalue weighted by Crippen LogP contribution is 2.21. The van der Waals surface area contributed by atoms with Gasteiger partial charge in [0.15, 0.2) is 0 Å².